The smallest absolute Gasteiger partial charge is 0.238 e. The highest BCUT2D eigenvalue weighted by atomic mass is 32.2. The SMILES string of the molecule is COc1ccc(Cn2nnc(-c3cccc(S(N)(=O)=O)c3)n2)cc1. The molecule has 0 aliphatic rings. The molecule has 1 heterocycles. The molecule has 2 N–H and O–H groups in total. The van der Waals surface area contributed by atoms with Gasteiger partial charge in [0.1, 0.15) is 5.75 Å². The molecule has 3 rings (SSSR count). The highest BCUT2D eigenvalue weighted by molar-refractivity contribution is 7.89. The van der Waals surface area contributed by atoms with E-state index in [4.69, 9.17) is 9.88 Å². The summed E-state index contributed by atoms with van der Waals surface area (Å²) in [6, 6.07) is 13.6. The summed E-state index contributed by atoms with van der Waals surface area (Å²) in [5.74, 6) is 1.10. The average molecular weight is 345 g/mol. The first-order valence-electron chi connectivity index (χ1n) is 7.00. The number of hydrogen-bond acceptors (Lipinski definition) is 6. The first-order valence-corrected chi connectivity index (χ1v) is 8.54. The van der Waals surface area contributed by atoms with Crippen molar-refractivity contribution in [2.24, 2.45) is 5.14 Å². The van der Waals surface area contributed by atoms with Crippen LogP contribution in [0.5, 0.6) is 5.75 Å². The summed E-state index contributed by atoms with van der Waals surface area (Å²) >= 11 is 0. The number of aromatic nitrogens is 4. The number of nitrogens with two attached hydrogens (primary N) is 1. The van der Waals surface area contributed by atoms with Crippen LogP contribution in [0.25, 0.3) is 11.4 Å². The molecule has 8 nitrogen and oxygen atoms in total. The number of ether oxygens (including phenoxy) is 1. The van der Waals surface area contributed by atoms with Gasteiger partial charge in [0, 0.05) is 5.56 Å². The first-order chi connectivity index (χ1) is 11.5. The second-order valence-corrected chi connectivity index (χ2v) is 6.63. The lowest BCUT2D eigenvalue weighted by atomic mass is 10.2. The van der Waals surface area contributed by atoms with Gasteiger partial charge in [-0.1, -0.05) is 24.3 Å². The van der Waals surface area contributed by atoms with E-state index < -0.39 is 10.0 Å². The van der Waals surface area contributed by atoms with Crippen molar-refractivity contribution in [3.63, 3.8) is 0 Å². The van der Waals surface area contributed by atoms with Gasteiger partial charge >= 0.3 is 0 Å². The molecule has 0 amide bonds. The number of primary sulfonamides is 1. The summed E-state index contributed by atoms with van der Waals surface area (Å²) in [7, 11) is -2.17. The van der Waals surface area contributed by atoms with E-state index in [0.29, 0.717) is 17.9 Å². The van der Waals surface area contributed by atoms with Crippen molar-refractivity contribution in [1.29, 1.82) is 0 Å². The van der Waals surface area contributed by atoms with Crippen molar-refractivity contribution in [2.75, 3.05) is 7.11 Å². The molecule has 0 aliphatic heterocycles. The average Bonchev–Trinajstić information content (AvgIpc) is 3.03. The van der Waals surface area contributed by atoms with Crippen molar-refractivity contribution in [2.45, 2.75) is 11.4 Å². The molecule has 0 saturated heterocycles. The molecular formula is C15H15N5O3S. The Morgan fingerprint density at radius 1 is 1.17 bits per heavy atom. The zero-order valence-electron chi connectivity index (χ0n) is 12.8. The molecule has 0 bridgehead atoms. The van der Waals surface area contributed by atoms with E-state index in [9.17, 15) is 8.42 Å². The lowest BCUT2D eigenvalue weighted by Crippen LogP contribution is -2.12. The maximum atomic E-state index is 11.4. The van der Waals surface area contributed by atoms with Crippen LogP contribution < -0.4 is 9.88 Å². The Balaban J connectivity index is 1.82. The van der Waals surface area contributed by atoms with E-state index in [0.717, 1.165) is 11.3 Å². The van der Waals surface area contributed by atoms with Gasteiger partial charge in [0.05, 0.1) is 18.6 Å². The molecule has 0 aliphatic carbocycles. The van der Waals surface area contributed by atoms with E-state index in [1.54, 1.807) is 19.2 Å². The van der Waals surface area contributed by atoms with Gasteiger partial charge in [-0.05, 0) is 35.0 Å². The summed E-state index contributed by atoms with van der Waals surface area (Å²) in [4.78, 5) is 1.44. The largest absolute Gasteiger partial charge is 0.497 e. The van der Waals surface area contributed by atoms with Gasteiger partial charge in [0.15, 0.2) is 0 Å². The van der Waals surface area contributed by atoms with Crippen LogP contribution in [0.3, 0.4) is 0 Å². The zero-order valence-corrected chi connectivity index (χ0v) is 13.6. The van der Waals surface area contributed by atoms with E-state index in [1.807, 2.05) is 24.3 Å². The van der Waals surface area contributed by atoms with Crippen LogP contribution in [-0.4, -0.2) is 35.7 Å². The normalized spacial score (nSPS) is 11.4. The van der Waals surface area contributed by atoms with Gasteiger partial charge in [-0.2, -0.15) is 4.80 Å². The Morgan fingerprint density at radius 2 is 1.92 bits per heavy atom. The zero-order chi connectivity index (χ0) is 17.2. The maximum Gasteiger partial charge on any atom is 0.238 e. The number of sulfonamides is 1. The third-order valence-electron chi connectivity index (χ3n) is 3.36. The van der Waals surface area contributed by atoms with E-state index in [-0.39, 0.29) is 4.90 Å². The van der Waals surface area contributed by atoms with E-state index >= 15 is 0 Å². The molecule has 9 heteroatoms. The molecule has 0 fully saturated rings. The summed E-state index contributed by atoms with van der Waals surface area (Å²) < 4.78 is 28.0. The van der Waals surface area contributed by atoms with Crippen LogP contribution in [0.15, 0.2) is 53.4 Å². The Morgan fingerprint density at radius 3 is 2.58 bits per heavy atom. The first kappa shape index (κ1) is 16.1. The number of methoxy groups -OCH3 is 1. The van der Waals surface area contributed by atoms with Gasteiger partial charge < -0.3 is 4.74 Å². The molecule has 0 atom stereocenters. The maximum absolute atomic E-state index is 11.4. The number of hydrogen-bond donors (Lipinski definition) is 1. The van der Waals surface area contributed by atoms with Crippen molar-refractivity contribution in [3.8, 4) is 17.1 Å². The Bertz CT molecular complexity index is 951. The lowest BCUT2D eigenvalue weighted by Gasteiger charge is -2.02. The van der Waals surface area contributed by atoms with Gasteiger partial charge in [0.2, 0.25) is 15.8 Å². The predicted molar refractivity (Wildman–Crippen MR) is 86.7 cm³/mol. The molecule has 0 saturated carbocycles. The number of rotatable bonds is 5. The van der Waals surface area contributed by atoms with Gasteiger partial charge in [-0.15, -0.1) is 10.2 Å². The molecule has 0 radical (unpaired) electrons. The standard InChI is InChI=1S/C15H15N5O3S/c1-23-13-7-5-11(6-8-13)10-20-18-15(17-19-20)12-3-2-4-14(9-12)24(16,21)22/h2-9H,10H2,1H3,(H2,16,21,22). The van der Waals surface area contributed by atoms with Gasteiger partial charge in [-0.3, -0.25) is 0 Å². The Kier molecular flexibility index (Phi) is 4.28. The number of tetrazole rings is 1. The minimum absolute atomic E-state index is 0.00602. The quantitative estimate of drug-likeness (QED) is 0.739. The molecular weight excluding hydrogens is 330 g/mol. The Hall–Kier alpha value is -2.78. The fourth-order valence-electron chi connectivity index (χ4n) is 2.13. The lowest BCUT2D eigenvalue weighted by molar-refractivity contribution is 0.414. The van der Waals surface area contributed by atoms with Crippen molar-refractivity contribution >= 4 is 10.0 Å². The molecule has 2 aromatic carbocycles. The third-order valence-corrected chi connectivity index (χ3v) is 4.27. The monoisotopic (exact) mass is 345 g/mol. The molecule has 24 heavy (non-hydrogen) atoms. The summed E-state index contributed by atoms with van der Waals surface area (Å²) in [6.07, 6.45) is 0. The second-order valence-electron chi connectivity index (χ2n) is 5.06. The molecule has 124 valence electrons. The van der Waals surface area contributed by atoms with Crippen molar-refractivity contribution in [1.82, 2.24) is 20.2 Å². The molecule has 0 unspecified atom stereocenters. The summed E-state index contributed by atoms with van der Waals surface area (Å²) in [5, 5.41) is 17.4. The van der Waals surface area contributed by atoms with E-state index in [2.05, 4.69) is 15.4 Å². The van der Waals surface area contributed by atoms with Crippen LogP contribution in [0, 0.1) is 0 Å². The highest BCUT2D eigenvalue weighted by Crippen LogP contribution is 2.18. The van der Waals surface area contributed by atoms with Crippen molar-refractivity contribution in [3.05, 3.63) is 54.1 Å². The van der Waals surface area contributed by atoms with Crippen LogP contribution in [0.4, 0.5) is 0 Å². The second kappa shape index (κ2) is 6.38. The minimum atomic E-state index is -3.78. The van der Waals surface area contributed by atoms with Crippen molar-refractivity contribution < 1.29 is 13.2 Å². The molecule has 1 aromatic heterocycles. The summed E-state index contributed by atoms with van der Waals surface area (Å²) in [5.41, 5.74) is 1.51. The van der Waals surface area contributed by atoms with Crippen LogP contribution >= 0.6 is 0 Å². The van der Waals surface area contributed by atoms with E-state index in [1.165, 1.54) is 16.9 Å². The minimum Gasteiger partial charge on any atom is -0.497 e. The van der Waals surface area contributed by atoms with Gasteiger partial charge in [0.25, 0.3) is 0 Å². The predicted octanol–water partition coefficient (Wildman–Crippen LogP) is 1.04. The van der Waals surface area contributed by atoms with Crippen LogP contribution in [0.1, 0.15) is 5.56 Å². The highest BCUT2D eigenvalue weighted by Gasteiger charge is 2.12. The topological polar surface area (TPSA) is 113 Å². The Labute approximate surface area is 138 Å². The van der Waals surface area contributed by atoms with Crippen LogP contribution in [-0.2, 0) is 16.6 Å². The van der Waals surface area contributed by atoms with Gasteiger partial charge in [-0.25, -0.2) is 13.6 Å². The number of nitrogens with zero attached hydrogens (tertiary/aromatic N) is 4. The van der Waals surface area contributed by atoms with Crippen LogP contribution in [0.2, 0.25) is 0 Å². The fraction of sp³-hybridized carbons (Fsp3) is 0.133. The third kappa shape index (κ3) is 3.58. The number of benzene rings is 2. The fourth-order valence-corrected chi connectivity index (χ4v) is 2.69. The molecule has 0 spiro atoms. The summed E-state index contributed by atoms with van der Waals surface area (Å²) in [6.45, 7) is 0.436. The molecule has 3 aromatic rings.